The van der Waals surface area contributed by atoms with Gasteiger partial charge in [0, 0.05) is 6.92 Å². The summed E-state index contributed by atoms with van der Waals surface area (Å²) < 4.78 is 0. The molecule has 0 spiro atoms. The molecule has 0 saturated heterocycles. The summed E-state index contributed by atoms with van der Waals surface area (Å²) >= 11 is 0. The van der Waals surface area contributed by atoms with Crippen molar-refractivity contribution in [2.24, 2.45) is 0 Å². The average molecular weight is 178 g/mol. The fourth-order valence-corrected chi connectivity index (χ4v) is 0. The van der Waals surface area contributed by atoms with Crippen LogP contribution in [0.1, 0.15) is 48.5 Å². The van der Waals surface area contributed by atoms with Crippen LogP contribution in [-0.4, -0.2) is 16.9 Å². The van der Waals surface area contributed by atoms with E-state index in [1.165, 1.54) is 13.8 Å². The molecule has 3 heteroatoms. The number of hydrogen-bond donors (Lipinski definition) is 1. The number of rotatable bonds is 0. The summed E-state index contributed by atoms with van der Waals surface area (Å²) in [4.78, 5) is 18.4. The number of ketones is 1. The van der Waals surface area contributed by atoms with Gasteiger partial charge in [-0.15, -0.1) is 0 Å². The quantitative estimate of drug-likeness (QED) is 0.620. The van der Waals surface area contributed by atoms with Gasteiger partial charge in [-0.25, -0.2) is 0 Å². The Morgan fingerprint density at radius 3 is 0.833 bits per heavy atom. The van der Waals surface area contributed by atoms with Crippen molar-refractivity contribution in [1.29, 1.82) is 0 Å². The Morgan fingerprint density at radius 2 is 0.833 bits per heavy atom. The van der Waals surface area contributed by atoms with Gasteiger partial charge in [0.1, 0.15) is 5.78 Å². The molecule has 0 aliphatic rings. The standard InChI is InChI=1S/C3H6O.C2H4O2.2C2H6/c1-3(2)4;1-2(3)4;2*1-2/h1-2H3;1H3,(H,3,4);2*1-2H3. The van der Waals surface area contributed by atoms with E-state index in [9.17, 15) is 4.79 Å². The van der Waals surface area contributed by atoms with Crippen LogP contribution in [0.15, 0.2) is 0 Å². The zero-order valence-electron chi connectivity index (χ0n) is 9.26. The van der Waals surface area contributed by atoms with E-state index in [1.54, 1.807) is 0 Å². The highest BCUT2D eigenvalue weighted by Gasteiger charge is 1.65. The predicted molar refractivity (Wildman–Crippen MR) is 52.4 cm³/mol. The van der Waals surface area contributed by atoms with Crippen LogP contribution in [0.4, 0.5) is 0 Å². The molecule has 0 bridgehead atoms. The zero-order chi connectivity index (χ0) is 11.2. The van der Waals surface area contributed by atoms with Crippen molar-refractivity contribution in [2.45, 2.75) is 48.5 Å². The van der Waals surface area contributed by atoms with E-state index in [2.05, 4.69) is 0 Å². The summed E-state index contributed by atoms with van der Waals surface area (Å²) in [6.45, 7) is 12.1. The Hall–Kier alpha value is -0.860. The second kappa shape index (κ2) is 32.1. The summed E-state index contributed by atoms with van der Waals surface area (Å²) in [5.41, 5.74) is 0. The Bertz CT molecular complexity index is 67.8. The molecule has 0 heterocycles. The molecule has 1 N–H and O–H groups in total. The van der Waals surface area contributed by atoms with Crippen LogP contribution in [0.3, 0.4) is 0 Å². The van der Waals surface area contributed by atoms with Crippen molar-refractivity contribution in [3.63, 3.8) is 0 Å². The number of aliphatic carboxylic acids is 1. The topological polar surface area (TPSA) is 54.4 Å². The normalized spacial score (nSPS) is 5.25. The number of carbonyl (C=O) groups excluding carboxylic acids is 1. The molecule has 0 aliphatic carbocycles. The molecular weight excluding hydrogens is 156 g/mol. The number of Topliss-reactive ketones (excluding diaryl/α,β-unsaturated/α-hetero) is 1. The Morgan fingerprint density at radius 1 is 0.833 bits per heavy atom. The number of carboxylic acid groups (broad SMARTS) is 1. The van der Waals surface area contributed by atoms with Gasteiger partial charge in [0.2, 0.25) is 0 Å². The third-order valence-corrected chi connectivity index (χ3v) is 0. The van der Waals surface area contributed by atoms with E-state index in [-0.39, 0.29) is 5.78 Å². The highest BCUT2D eigenvalue weighted by molar-refractivity contribution is 5.72. The fraction of sp³-hybridized carbons (Fsp3) is 0.778. The lowest BCUT2D eigenvalue weighted by Gasteiger charge is -1.59. The van der Waals surface area contributed by atoms with Gasteiger partial charge in [0.05, 0.1) is 0 Å². The first-order valence-corrected chi connectivity index (χ1v) is 4.13. The smallest absolute Gasteiger partial charge is 0.300 e. The first-order valence-electron chi connectivity index (χ1n) is 4.13. The maximum Gasteiger partial charge on any atom is 0.300 e. The van der Waals surface area contributed by atoms with Gasteiger partial charge in [0.15, 0.2) is 0 Å². The molecule has 0 radical (unpaired) electrons. The van der Waals surface area contributed by atoms with Gasteiger partial charge in [0.25, 0.3) is 5.97 Å². The van der Waals surface area contributed by atoms with E-state index in [0.29, 0.717) is 0 Å². The first kappa shape index (κ1) is 22.5. The van der Waals surface area contributed by atoms with Crippen molar-refractivity contribution < 1.29 is 14.7 Å². The Kier molecular flexibility index (Phi) is 60.0. The highest BCUT2D eigenvalue weighted by Crippen LogP contribution is 1.50. The molecule has 0 fully saturated rings. The summed E-state index contributed by atoms with van der Waals surface area (Å²) in [5.74, 6) is -0.667. The largest absolute Gasteiger partial charge is 0.481 e. The third-order valence-electron chi connectivity index (χ3n) is 0. The van der Waals surface area contributed by atoms with Gasteiger partial charge in [-0.1, -0.05) is 27.7 Å². The minimum atomic E-state index is -0.833. The average Bonchev–Trinajstić information content (AvgIpc) is 1.93. The molecule has 3 nitrogen and oxygen atoms in total. The number of carboxylic acids is 1. The zero-order valence-corrected chi connectivity index (χ0v) is 9.26. The summed E-state index contributed by atoms with van der Waals surface area (Å²) in [6.07, 6.45) is 0. The molecule has 0 atom stereocenters. The van der Waals surface area contributed by atoms with Crippen LogP contribution >= 0.6 is 0 Å². The van der Waals surface area contributed by atoms with E-state index < -0.39 is 5.97 Å². The molecule has 0 saturated carbocycles. The van der Waals surface area contributed by atoms with Crippen LogP contribution in [-0.2, 0) is 9.59 Å². The molecular formula is C9H22O3. The minimum Gasteiger partial charge on any atom is -0.481 e. The highest BCUT2D eigenvalue weighted by atomic mass is 16.4. The number of hydrogen-bond acceptors (Lipinski definition) is 2. The maximum atomic E-state index is 9.44. The van der Waals surface area contributed by atoms with E-state index in [0.717, 1.165) is 6.92 Å². The van der Waals surface area contributed by atoms with Gasteiger partial charge in [-0.2, -0.15) is 0 Å². The van der Waals surface area contributed by atoms with Crippen LogP contribution in [0.5, 0.6) is 0 Å². The van der Waals surface area contributed by atoms with E-state index in [4.69, 9.17) is 9.90 Å². The van der Waals surface area contributed by atoms with Crippen molar-refractivity contribution in [2.75, 3.05) is 0 Å². The van der Waals surface area contributed by atoms with Crippen LogP contribution in [0.25, 0.3) is 0 Å². The lowest BCUT2D eigenvalue weighted by atomic mass is 10.6. The van der Waals surface area contributed by atoms with E-state index >= 15 is 0 Å². The maximum absolute atomic E-state index is 9.44. The summed E-state index contributed by atoms with van der Waals surface area (Å²) in [7, 11) is 0. The minimum absolute atomic E-state index is 0.167. The molecule has 0 amide bonds. The van der Waals surface area contributed by atoms with Gasteiger partial charge in [-0.3, -0.25) is 4.79 Å². The molecule has 0 unspecified atom stereocenters. The summed E-state index contributed by atoms with van der Waals surface area (Å²) in [5, 5.41) is 7.42. The third kappa shape index (κ3) is 819. The van der Waals surface area contributed by atoms with Gasteiger partial charge in [-0.05, 0) is 13.8 Å². The second-order valence-corrected chi connectivity index (χ2v) is 1.43. The lowest BCUT2D eigenvalue weighted by Crippen LogP contribution is -1.78. The lowest BCUT2D eigenvalue weighted by molar-refractivity contribution is -0.134. The van der Waals surface area contributed by atoms with Crippen molar-refractivity contribution in [3.8, 4) is 0 Å². The van der Waals surface area contributed by atoms with Crippen LogP contribution in [0, 0.1) is 0 Å². The molecule has 0 aromatic heterocycles. The SMILES string of the molecule is CC.CC.CC(=O)O.CC(C)=O. The molecule has 0 aromatic rings. The molecule has 76 valence electrons. The summed E-state index contributed by atoms with van der Waals surface area (Å²) in [6, 6.07) is 0. The second-order valence-electron chi connectivity index (χ2n) is 1.43. The van der Waals surface area contributed by atoms with Crippen molar-refractivity contribution in [3.05, 3.63) is 0 Å². The fourth-order valence-electron chi connectivity index (χ4n) is 0. The molecule has 0 aromatic carbocycles. The van der Waals surface area contributed by atoms with Gasteiger partial charge >= 0.3 is 0 Å². The molecule has 12 heavy (non-hydrogen) atoms. The van der Waals surface area contributed by atoms with Crippen LogP contribution < -0.4 is 0 Å². The van der Waals surface area contributed by atoms with Gasteiger partial charge < -0.3 is 9.90 Å². The van der Waals surface area contributed by atoms with E-state index in [1.807, 2.05) is 27.7 Å². The monoisotopic (exact) mass is 178 g/mol. The number of carbonyl (C=O) groups is 2. The molecule has 0 aliphatic heterocycles. The first-order chi connectivity index (χ1) is 5.46. The van der Waals surface area contributed by atoms with Crippen molar-refractivity contribution in [1.82, 2.24) is 0 Å². The predicted octanol–water partition coefficient (Wildman–Crippen LogP) is 2.74. The van der Waals surface area contributed by atoms with Crippen molar-refractivity contribution >= 4 is 11.8 Å². The van der Waals surface area contributed by atoms with Crippen LogP contribution in [0.2, 0.25) is 0 Å². The Labute approximate surface area is 75.8 Å². The Balaban J connectivity index is -0.0000000380. The molecule has 0 rings (SSSR count).